The van der Waals surface area contributed by atoms with Crippen LogP contribution in [0.2, 0.25) is 10.0 Å². The molecule has 0 aliphatic carbocycles. The van der Waals surface area contributed by atoms with E-state index in [2.05, 4.69) is 0 Å². The Balaban J connectivity index is 3.05. The Morgan fingerprint density at radius 1 is 1.29 bits per heavy atom. The van der Waals surface area contributed by atoms with E-state index in [1.807, 2.05) is 0 Å². The Hall–Kier alpha value is -2.47. The van der Waals surface area contributed by atoms with Crippen LogP contribution in [0.3, 0.4) is 0 Å². The van der Waals surface area contributed by atoms with Crippen molar-refractivity contribution in [2.24, 2.45) is 0 Å². The Morgan fingerprint density at radius 2 is 1.83 bits per heavy atom. The number of allylic oxidation sites excluding steroid dienone is 3. The van der Waals surface area contributed by atoms with Crippen LogP contribution in [-0.2, 0) is 11.2 Å². The lowest BCUT2D eigenvalue weighted by atomic mass is 9.97. The molecule has 7 heteroatoms. The molecule has 1 aromatic rings. The standard InChI is InChI=1S/C17H14Cl2N2O3/c1-17(2,24-16(22)23)8-13-14(18)6-11(7-15(13)19)4-3-5-12(9-20)10-21/h3-7H,8H2,1-2H3,(H,22,23). The van der Waals surface area contributed by atoms with E-state index in [-0.39, 0.29) is 12.0 Å². The molecule has 0 fully saturated rings. The number of benzene rings is 1. The van der Waals surface area contributed by atoms with E-state index >= 15 is 0 Å². The van der Waals surface area contributed by atoms with Crippen molar-refractivity contribution in [1.29, 1.82) is 10.5 Å². The predicted molar refractivity (Wildman–Crippen MR) is 91.7 cm³/mol. The van der Waals surface area contributed by atoms with E-state index in [0.29, 0.717) is 21.2 Å². The zero-order chi connectivity index (χ0) is 18.3. The number of nitriles is 2. The average Bonchev–Trinajstić information content (AvgIpc) is 2.46. The third-order valence-electron chi connectivity index (χ3n) is 2.92. The van der Waals surface area contributed by atoms with Crippen molar-refractivity contribution in [2.75, 3.05) is 0 Å². The van der Waals surface area contributed by atoms with Crippen LogP contribution in [0.15, 0.2) is 29.9 Å². The lowest BCUT2D eigenvalue weighted by Gasteiger charge is -2.24. The fourth-order valence-corrected chi connectivity index (χ4v) is 2.58. The number of carboxylic acid groups (broad SMARTS) is 1. The SMILES string of the molecule is CC(C)(Cc1c(Cl)cc(C=CC=C(C#N)C#N)cc1Cl)OC(=O)O. The molecular formula is C17H14Cl2N2O3. The Bertz CT molecular complexity index is 745. The first-order valence-electron chi connectivity index (χ1n) is 6.77. The summed E-state index contributed by atoms with van der Waals surface area (Å²) in [6.07, 6.45) is 3.41. The van der Waals surface area contributed by atoms with Crippen LogP contribution in [-0.4, -0.2) is 16.9 Å². The fraction of sp³-hybridized carbons (Fsp3) is 0.235. The van der Waals surface area contributed by atoms with Gasteiger partial charge in [0.25, 0.3) is 0 Å². The van der Waals surface area contributed by atoms with E-state index < -0.39 is 11.8 Å². The van der Waals surface area contributed by atoms with Crippen molar-refractivity contribution in [2.45, 2.75) is 25.9 Å². The highest BCUT2D eigenvalue weighted by Crippen LogP contribution is 2.31. The van der Waals surface area contributed by atoms with Gasteiger partial charge in [-0.3, -0.25) is 0 Å². The van der Waals surface area contributed by atoms with Crippen molar-refractivity contribution < 1.29 is 14.6 Å². The van der Waals surface area contributed by atoms with Crippen LogP contribution in [0.1, 0.15) is 25.0 Å². The van der Waals surface area contributed by atoms with Crippen LogP contribution in [0.25, 0.3) is 6.08 Å². The molecule has 24 heavy (non-hydrogen) atoms. The minimum Gasteiger partial charge on any atom is -0.450 e. The minimum absolute atomic E-state index is 0.0207. The van der Waals surface area contributed by atoms with Crippen molar-refractivity contribution in [3.63, 3.8) is 0 Å². The lowest BCUT2D eigenvalue weighted by Crippen LogP contribution is -2.30. The molecule has 1 rings (SSSR count). The van der Waals surface area contributed by atoms with Crippen molar-refractivity contribution in [3.05, 3.63) is 51.0 Å². The summed E-state index contributed by atoms with van der Waals surface area (Å²) < 4.78 is 4.81. The van der Waals surface area contributed by atoms with E-state index in [9.17, 15) is 4.79 Å². The first kappa shape index (κ1) is 19.6. The maximum Gasteiger partial charge on any atom is 0.506 e. The van der Waals surface area contributed by atoms with Crippen LogP contribution in [0.4, 0.5) is 4.79 Å². The summed E-state index contributed by atoms with van der Waals surface area (Å²) in [6, 6.07) is 6.80. The van der Waals surface area contributed by atoms with E-state index in [1.54, 1.807) is 50.3 Å². The highest BCUT2D eigenvalue weighted by molar-refractivity contribution is 6.36. The van der Waals surface area contributed by atoms with Gasteiger partial charge < -0.3 is 9.84 Å². The molecule has 0 radical (unpaired) electrons. The summed E-state index contributed by atoms with van der Waals surface area (Å²) in [5, 5.41) is 26.8. The van der Waals surface area contributed by atoms with Crippen molar-refractivity contribution in [3.8, 4) is 12.1 Å². The van der Waals surface area contributed by atoms with Gasteiger partial charge in [0.05, 0.1) is 0 Å². The van der Waals surface area contributed by atoms with Crippen molar-refractivity contribution in [1.82, 2.24) is 0 Å². The highest BCUT2D eigenvalue weighted by atomic mass is 35.5. The van der Waals surface area contributed by atoms with Gasteiger partial charge in [-0.1, -0.05) is 35.4 Å². The number of nitrogens with zero attached hydrogens (tertiary/aromatic N) is 2. The minimum atomic E-state index is -1.37. The largest absolute Gasteiger partial charge is 0.506 e. The molecule has 0 aromatic heterocycles. The molecule has 0 amide bonds. The first-order valence-corrected chi connectivity index (χ1v) is 7.52. The third kappa shape index (κ3) is 5.96. The number of halogens is 2. The third-order valence-corrected chi connectivity index (χ3v) is 3.60. The predicted octanol–water partition coefficient (Wildman–Crippen LogP) is 5.00. The molecule has 0 spiro atoms. The Morgan fingerprint density at radius 3 is 2.29 bits per heavy atom. The zero-order valence-electron chi connectivity index (χ0n) is 13.0. The summed E-state index contributed by atoms with van der Waals surface area (Å²) in [5.41, 5.74) is 0.255. The van der Waals surface area contributed by atoms with Gasteiger partial charge in [0.15, 0.2) is 0 Å². The molecule has 0 atom stereocenters. The van der Waals surface area contributed by atoms with Crippen LogP contribution >= 0.6 is 23.2 Å². The zero-order valence-corrected chi connectivity index (χ0v) is 14.5. The molecular weight excluding hydrogens is 351 g/mol. The summed E-state index contributed by atoms with van der Waals surface area (Å²) in [5.74, 6) is 0. The molecule has 0 saturated heterocycles. The molecule has 1 aromatic carbocycles. The highest BCUT2D eigenvalue weighted by Gasteiger charge is 2.25. The molecule has 1 N–H and O–H groups in total. The molecule has 124 valence electrons. The topological polar surface area (TPSA) is 94.1 Å². The first-order chi connectivity index (χ1) is 11.2. The molecule has 0 saturated carbocycles. The summed E-state index contributed by atoms with van der Waals surface area (Å²) in [7, 11) is 0. The summed E-state index contributed by atoms with van der Waals surface area (Å²) in [6.45, 7) is 3.25. The van der Waals surface area contributed by atoms with Gasteiger partial charge in [-0.15, -0.1) is 0 Å². The van der Waals surface area contributed by atoms with Gasteiger partial charge in [0.1, 0.15) is 23.3 Å². The molecule has 0 aliphatic heterocycles. The quantitative estimate of drug-likeness (QED) is 0.450. The molecule has 5 nitrogen and oxygen atoms in total. The van der Waals surface area contributed by atoms with E-state index in [4.69, 9.17) is 43.6 Å². The van der Waals surface area contributed by atoms with E-state index in [0.717, 1.165) is 0 Å². The summed E-state index contributed by atoms with van der Waals surface area (Å²) in [4.78, 5) is 10.7. The van der Waals surface area contributed by atoms with Gasteiger partial charge in [-0.25, -0.2) is 4.79 Å². The number of hydrogen-bond acceptors (Lipinski definition) is 4. The lowest BCUT2D eigenvalue weighted by molar-refractivity contribution is 0.00427. The van der Waals surface area contributed by atoms with Gasteiger partial charge in [-0.05, 0) is 43.2 Å². The average molecular weight is 365 g/mol. The second-order valence-corrected chi connectivity index (χ2v) is 6.25. The van der Waals surface area contributed by atoms with Crippen LogP contribution in [0, 0.1) is 22.7 Å². The maximum absolute atomic E-state index is 10.7. The molecule has 0 aliphatic rings. The van der Waals surface area contributed by atoms with Crippen molar-refractivity contribution >= 4 is 35.4 Å². The molecule has 0 unspecified atom stereocenters. The van der Waals surface area contributed by atoms with Gasteiger partial charge in [-0.2, -0.15) is 10.5 Å². The molecule has 0 heterocycles. The number of carbonyl (C=O) groups is 1. The second-order valence-electron chi connectivity index (χ2n) is 5.43. The van der Waals surface area contributed by atoms with Gasteiger partial charge >= 0.3 is 6.16 Å². The Labute approximate surface area is 150 Å². The van der Waals surface area contributed by atoms with Crippen LogP contribution < -0.4 is 0 Å². The van der Waals surface area contributed by atoms with Crippen LogP contribution in [0.5, 0.6) is 0 Å². The normalized spacial score (nSPS) is 10.8. The second kappa shape index (κ2) is 8.40. The smallest absolute Gasteiger partial charge is 0.450 e. The number of hydrogen-bond donors (Lipinski definition) is 1. The molecule has 0 bridgehead atoms. The number of ether oxygens (including phenoxy) is 1. The van der Waals surface area contributed by atoms with Gasteiger partial charge in [0.2, 0.25) is 0 Å². The summed E-state index contributed by atoms with van der Waals surface area (Å²) >= 11 is 12.5. The Kier molecular flexibility index (Phi) is 6.85. The fourth-order valence-electron chi connectivity index (χ4n) is 1.94. The van der Waals surface area contributed by atoms with E-state index in [1.165, 1.54) is 6.08 Å². The number of rotatable bonds is 5. The van der Waals surface area contributed by atoms with Gasteiger partial charge in [0, 0.05) is 16.5 Å². The maximum atomic E-state index is 10.7. The monoisotopic (exact) mass is 364 g/mol.